The summed E-state index contributed by atoms with van der Waals surface area (Å²) in [6, 6.07) is 3.19. The predicted octanol–water partition coefficient (Wildman–Crippen LogP) is 1.67. The Morgan fingerprint density at radius 2 is 2.24 bits per heavy atom. The number of nitrogens with one attached hydrogen (secondary N) is 2. The van der Waals surface area contributed by atoms with Gasteiger partial charge in [0.05, 0.1) is 18.5 Å². The third-order valence-electron chi connectivity index (χ3n) is 2.74. The molecule has 0 aliphatic carbocycles. The minimum absolute atomic E-state index is 0.324. The summed E-state index contributed by atoms with van der Waals surface area (Å²) >= 11 is 0. The van der Waals surface area contributed by atoms with Crippen molar-refractivity contribution in [2.45, 2.75) is 6.92 Å². The first-order chi connectivity index (χ1) is 10.3. The number of rotatable bonds is 4. The van der Waals surface area contributed by atoms with Gasteiger partial charge in [0.25, 0.3) is 0 Å². The van der Waals surface area contributed by atoms with E-state index >= 15 is 0 Å². The summed E-state index contributed by atoms with van der Waals surface area (Å²) < 4.78 is 4.95. The zero-order valence-electron chi connectivity index (χ0n) is 11.2. The van der Waals surface area contributed by atoms with Gasteiger partial charge in [-0.05, 0) is 19.1 Å². The maximum atomic E-state index is 11.7. The van der Waals surface area contributed by atoms with Crippen molar-refractivity contribution in [3.05, 3.63) is 36.5 Å². The second-order valence-corrected chi connectivity index (χ2v) is 4.10. The lowest BCUT2D eigenvalue weighted by molar-refractivity contribution is 0.0526. The average Bonchev–Trinajstić information content (AvgIpc) is 2.97. The van der Waals surface area contributed by atoms with E-state index in [-0.39, 0.29) is 0 Å². The number of carbonyl (C=O) groups excluding carboxylic acids is 1. The molecular weight excluding hydrogens is 272 g/mol. The molecular formula is C13H12N6O2. The SMILES string of the molecule is CCOC(=O)c1ccnc(Nc2ncnc3nc[nH]c23)c1. The highest BCUT2D eigenvalue weighted by atomic mass is 16.5. The van der Waals surface area contributed by atoms with Crippen LogP contribution >= 0.6 is 0 Å². The summed E-state index contributed by atoms with van der Waals surface area (Å²) in [5.41, 5.74) is 1.64. The zero-order valence-corrected chi connectivity index (χ0v) is 11.2. The Balaban J connectivity index is 1.90. The molecule has 0 amide bonds. The van der Waals surface area contributed by atoms with Gasteiger partial charge in [-0.3, -0.25) is 0 Å². The van der Waals surface area contributed by atoms with Crippen LogP contribution in [0.2, 0.25) is 0 Å². The molecule has 3 rings (SSSR count). The van der Waals surface area contributed by atoms with Crippen LogP contribution in [-0.2, 0) is 4.74 Å². The molecule has 106 valence electrons. The molecule has 0 atom stereocenters. The number of hydrogen-bond donors (Lipinski definition) is 2. The van der Waals surface area contributed by atoms with Gasteiger partial charge >= 0.3 is 5.97 Å². The number of fused-ring (bicyclic) bond motifs is 1. The van der Waals surface area contributed by atoms with E-state index in [1.54, 1.807) is 19.1 Å². The molecule has 0 saturated heterocycles. The van der Waals surface area contributed by atoms with Crippen LogP contribution in [0.25, 0.3) is 11.2 Å². The van der Waals surface area contributed by atoms with Gasteiger partial charge in [0, 0.05) is 6.20 Å². The Morgan fingerprint density at radius 3 is 3.10 bits per heavy atom. The normalized spacial score (nSPS) is 10.5. The van der Waals surface area contributed by atoms with Crippen LogP contribution in [-0.4, -0.2) is 37.5 Å². The van der Waals surface area contributed by atoms with Crippen molar-refractivity contribution in [2.24, 2.45) is 0 Å². The number of ether oxygens (including phenoxy) is 1. The molecule has 0 saturated carbocycles. The Bertz CT molecular complexity index is 785. The van der Waals surface area contributed by atoms with Crippen LogP contribution in [0.5, 0.6) is 0 Å². The van der Waals surface area contributed by atoms with Gasteiger partial charge in [-0.2, -0.15) is 0 Å². The van der Waals surface area contributed by atoms with Crippen molar-refractivity contribution in [2.75, 3.05) is 11.9 Å². The topological polar surface area (TPSA) is 106 Å². The van der Waals surface area contributed by atoms with Crippen molar-refractivity contribution in [3.8, 4) is 0 Å². The number of hydrogen-bond acceptors (Lipinski definition) is 7. The van der Waals surface area contributed by atoms with Crippen LogP contribution in [0.1, 0.15) is 17.3 Å². The number of aromatic amines is 1. The highest BCUT2D eigenvalue weighted by Crippen LogP contribution is 2.19. The summed E-state index contributed by atoms with van der Waals surface area (Å²) in [5.74, 6) is 0.624. The first-order valence-electron chi connectivity index (χ1n) is 6.32. The number of H-pyrrole nitrogens is 1. The molecule has 0 aliphatic rings. The number of pyridine rings is 1. The van der Waals surface area contributed by atoms with Gasteiger partial charge in [0.2, 0.25) is 0 Å². The molecule has 0 radical (unpaired) electrons. The van der Waals surface area contributed by atoms with E-state index in [9.17, 15) is 4.79 Å². The van der Waals surface area contributed by atoms with Crippen LogP contribution in [0.4, 0.5) is 11.6 Å². The number of imidazole rings is 1. The van der Waals surface area contributed by atoms with E-state index in [0.717, 1.165) is 0 Å². The van der Waals surface area contributed by atoms with Gasteiger partial charge in [-0.15, -0.1) is 0 Å². The van der Waals surface area contributed by atoms with Crippen molar-refractivity contribution in [1.29, 1.82) is 0 Å². The molecule has 0 unspecified atom stereocenters. The maximum Gasteiger partial charge on any atom is 0.338 e. The Kier molecular flexibility index (Phi) is 3.42. The molecule has 0 bridgehead atoms. The lowest BCUT2D eigenvalue weighted by Gasteiger charge is -2.06. The number of anilines is 2. The molecule has 2 N–H and O–H groups in total. The lowest BCUT2D eigenvalue weighted by atomic mass is 10.2. The van der Waals surface area contributed by atoms with Gasteiger partial charge in [-0.1, -0.05) is 0 Å². The van der Waals surface area contributed by atoms with Crippen molar-refractivity contribution in [1.82, 2.24) is 24.9 Å². The third-order valence-corrected chi connectivity index (χ3v) is 2.74. The van der Waals surface area contributed by atoms with E-state index < -0.39 is 5.97 Å². The van der Waals surface area contributed by atoms with E-state index in [1.807, 2.05) is 0 Å². The van der Waals surface area contributed by atoms with Crippen LogP contribution in [0.15, 0.2) is 31.0 Å². The summed E-state index contributed by atoms with van der Waals surface area (Å²) in [6.07, 6.45) is 4.47. The minimum Gasteiger partial charge on any atom is -0.462 e. The Labute approximate surface area is 119 Å². The Hall–Kier alpha value is -3.03. The summed E-state index contributed by atoms with van der Waals surface area (Å²) in [4.78, 5) is 31.0. The third kappa shape index (κ3) is 2.64. The molecule has 0 aromatic carbocycles. The molecule has 8 nitrogen and oxygen atoms in total. The quantitative estimate of drug-likeness (QED) is 0.702. The second-order valence-electron chi connectivity index (χ2n) is 4.10. The standard InChI is InChI=1S/C13H12N6O2/c1-2-21-13(20)8-3-4-14-9(5-8)19-12-10-11(16-6-15-10)17-7-18-12/h3-7H,2H2,1H3,(H2,14,15,16,17,18,19). The zero-order chi connectivity index (χ0) is 14.7. The molecule has 3 aromatic heterocycles. The molecule has 8 heteroatoms. The van der Waals surface area contributed by atoms with Crippen molar-refractivity contribution >= 4 is 28.8 Å². The molecule has 0 spiro atoms. The predicted molar refractivity (Wildman–Crippen MR) is 75.2 cm³/mol. The molecule has 0 aliphatic heterocycles. The fourth-order valence-corrected chi connectivity index (χ4v) is 1.82. The molecule has 21 heavy (non-hydrogen) atoms. The number of nitrogens with zero attached hydrogens (tertiary/aromatic N) is 4. The molecule has 3 heterocycles. The molecule has 0 fully saturated rings. The lowest BCUT2D eigenvalue weighted by Crippen LogP contribution is -2.06. The highest BCUT2D eigenvalue weighted by molar-refractivity contribution is 5.91. The van der Waals surface area contributed by atoms with Crippen molar-refractivity contribution in [3.63, 3.8) is 0 Å². The van der Waals surface area contributed by atoms with E-state index in [4.69, 9.17) is 4.74 Å². The fraction of sp³-hybridized carbons (Fsp3) is 0.154. The smallest absolute Gasteiger partial charge is 0.338 e. The first-order valence-corrected chi connectivity index (χ1v) is 6.32. The van der Waals surface area contributed by atoms with Gasteiger partial charge in [0.15, 0.2) is 11.5 Å². The van der Waals surface area contributed by atoms with E-state index in [1.165, 1.54) is 18.9 Å². The fourth-order valence-electron chi connectivity index (χ4n) is 1.82. The largest absolute Gasteiger partial charge is 0.462 e. The number of carbonyl (C=O) groups is 1. The summed E-state index contributed by atoms with van der Waals surface area (Å²) in [6.45, 7) is 2.08. The van der Waals surface area contributed by atoms with Crippen LogP contribution in [0, 0.1) is 0 Å². The van der Waals surface area contributed by atoms with E-state index in [0.29, 0.717) is 35.0 Å². The summed E-state index contributed by atoms with van der Waals surface area (Å²) in [7, 11) is 0. The first kappa shape index (κ1) is 13.0. The molecule has 3 aromatic rings. The minimum atomic E-state index is -0.391. The summed E-state index contributed by atoms with van der Waals surface area (Å²) in [5, 5.41) is 3.03. The Morgan fingerprint density at radius 1 is 1.33 bits per heavy atom. The highest BCUT2D eigenvalue weighted by Gasteiger charge is 2.10. The van der Waals surface area contributed by atoms with Gasteiger partial charge in [0.1, 0.15) is 17.7 Å². The second kappa shape index (κ2) is 5.53. The van der Waals surface area contributed by atoms with E-state index in [2.05, 4.69) is 30.2 Å². The monoisotopic (exact) mass is 284 g/mol. The van der Waals surface area contributed by atoms with Gasteiger partial charge in [-0.25, -0.2) is 24.7 Å². The van der Waals surface area contributed by atoms with Crippen LogP contribution < -0.4 is 5.32 Å². The maximum absolute atomic E-state index is 11.7. The average molecular weight is 284 g/mol. The number of esters is 1. The number of aromatic nitrogens is 5. The van der Waals surface area contributed by atoms with Crippen LogP contribution in [0.3, 0.4) is 0 Å². The van der Waals surface area contributed by atoms with Gasteiger partial charge < -0.3 is 15.0 Å². The van der Waals surface area contributed by atoms with Crippen molar-refractivity contribution < 1.29 is 9.53 Å².